The van der Waals surface area contributed by atoms with Crippen LogP contribution in [0, 0.1) is 0 Å². The van der Waals surface area contributed by atoms with Crippen LogP contribution in [-0.2, 0) is 0 Å². The molecule has 53 valence electrons. The lowest BCUT2D eigenvalue weighted by Crippen LogP contribution is -2.36. The summed E-state index contributed by atoms with van der Waals surface area (Å²) in [6.07, 6.45) is 2.50. The fourth-order valence-corrected chi connectivity index (χ4v) is 1.54. The van der Waals surface area contributed by atoms with Crippen molar-refractivity contribution in [1.82, 2.24) is 5.32 Å². The zero-order valence-electron chi connectivity index (χ0n) is 6.86. The molecule has 1 rings (SSSR count). The van der Waals surface area contributed by atoms with E-state index in [-0.39, 0.29) is 11.1 Å². The van der Waals surface area contributed by atoms with Crippen molar-refractivity contribution in [2.75, 3.05) is 0 Å². The van der Waals surface area contributed by atoms with Gasteiger partial charge in [-0.15, -0.1) is 0 Å². The van der Waals surface area contributed by atoms with Gasteiger partial charge in [-0.1, -0.05) is 0 Å². The van der Waals surface area contributed by atoms with E-state index in [1.54, 1.807) is 0 Å². The highest BCUT2D eigenvalue weighted by atomic mass is 15.1. The monoisotopic (exact) mass is 126 g/mol. The Kier molecular flexibility index (Phi) is 1.35. The molecule has 1 aliphatic heterocycles. The first-order chi connectivity index (χ1) is 3.91. The summed E-state index contributed by atoms with van der Waals surface area (Å²) in [5, 5.41) is 4.65. The van der Waals surface area contributed by atoms with Crippen molar-refractivity contribution >= 4 is 0 Å². The zero-order valence-corrected chi connectivity index (χ0v) is 6.86. The molecule has 0 N–H and O–H groups in total. The number of rotatable bonds is 0. The largest absolute Gasteiger partial charge is 0.230 e. The molecule has 9 heavy (non-hydrogen) atoms. The standard InChI is InChI=1S/C8H16N/c1-7(2)5-6-8(3,4)9-7/h5-6H2,1-4H3. The highest BCUT2D eigenvalue weighted by Gasteiger charge is 2.36. The van der Waals surface area contributed by atoms with Crippen LogP contribution in [0.15, 0.2) is 0 Å². The molecule has 0 aromatic carbocycles. The summed E-state index contributed by atoms with van der Waals surface area (Å²) in [4.78, 5) is 0. The lowest BCUT2D eigenvalue weighted by molar-refractivity contribution is 0.358. The summed E-state index contributed by atoms with van der Waals surface area (Å²) in [5.41, 5.74) is 0.507. The van der Waals surface area contributed by atoms with Gasteiger partial charge in [-0.3, -0.25) is 0 Å². The molecular weight excluding hydrogens is 110 g/mol. The minimum Gasteiger partial charge on any atom is -0.230 e. The Labute approximate surface area is 57.8 Å². The second-order valence-corrected chi connectivity index (χ2v) is 4.24. The summed E-state index contributed by atoms with van der Waals surface area (Å²) >= 11 is 0. The first kappa shape index (κ1) is 7.07. The zero-order chi connectivity index (χ0) is 7.12. The third kappa shape index (κ3) is 1.68. The smallest absolute Gasteiger partial charge is 0.0307 e. The molecule has 0 bridgehead atoms. The Bertz CT molecular complexity index is 99.7. The van der Waals surface area contributed by atoms with E-state index >= 15 is 0 Å². The molecular formula is C8H16N. The minimum absolute atomic E-state index is 0.253. The van der Waals surface area contributed by atoms with E-state index in [0.29, 0.717) is 0 Å². The second-order valence-electron chi connectivity index (χ2n) is 4.24. The van der Waals surface area contributed by atoms with Crippen LogP contribution in [0.5, 0.6) is 0 Å². The Hall–Kier alpha value is -0.0400. The van der Waals surface area contributed by atoms with Crippen LogP contribution in [0.25, 0.3) is 0 Å². The maximum Gasteiger partial charge on any atom is 0.0307 e. The predicted octanol–water partition coefficient (Wildman–Crippen LogP) is 1.94. The molecule has 1 radical (unpaired) electrons. The molecule has 1 aliphatic rings. The summed E-state index contributed by atoms with van der Waals surface area (Å²) in [5.74, 6) is 0. The van der Waals surface area contributed by atoms with Gasteiger partial charge in [0.15, 0.2) is 0 Å². The number of hydrogen-bond acceptors (Lipinski definition) is 0. The fraction of sp³-hybridized carbons (Fsp3) is 1.00. The predicted molar refractivity (Wildman–Crippen MR) is 39.5 cm³/mol. The first-order valence-corrected chi connectivity index (χ1v) is 3.65. The van der Waals surface area contributed by atoms with Crippen LogP contribution in [0.3, 0.4) is 0 Å². The van der Waals surface area contributed by atoms with E-state index in [4.69, 9.17) is 0 Å². The average molecular weight is 126 g/mol. The van der Waals surface area contributed by atoms with Crippen LogP contribution < -0.4 is 5.32 Å². The molecule has 1 fully saturated rings. The van der Waals surface area contributed by atoms with E-state index in [9.17, 15) is 0 Å². The highest BCUT2D eigenvalue weighted by Crippen LogP contribution is 2.31. The van der Waals surface area contributed by atoms with E-state index < -0.39 is 0 Å². The molecule has 0 unspecified atom stereocenters. The average Bonchev–Trinajstić information content (AvgIpc) is 1.78. The van der Waals surface area contributed by atoms with E-state index in [2.05, 4.69) is 33.0 Å². The Balaban J connectivity index is 2.58. The van der Waals surface area contributed by atoms with E-state index in [0.717, 1.165) is 0 Å². The van der Waals surface area contributed by atoms with Gasteiger partial charge in [-0.25, -0.2) is 5.32 Å². The van der Waals surface area contributed by atoms with E-state index in [1.807, 2.05) is 0 Å². The Morgan fingerprint density at radius 2 is 1.22 bits per heavy atom. The van der Waals surface area contributed by atoms with Crippen LogP contribution in [0.4, 0.5) is 0 Å². The van der Waals surface area contributed by atoms with Crippen molar-refractivity contribution in [2.24, 2.45) is 0 Å². The second kappa shape index (κ2) is 1.72. The Morgan fingerprint density at radius 3 is 1.33 bits per heavy atom. The molecule has 1 saturated heterocycles. The minimum atomic E-state index is 0.253. The maximum absolute atomic E-state index is 4.65. The Morgan fingerprint density at radius 1 is 0.889 bits per heavy atom. The van der Waals surface area contributed by atoms with Gasteiger partial charge in [0.2, 0.25) is 0 Å². The van der Waals surface area contributed by atoms with Gasteiger partial charge in [0.05, 0.1) is 0 Å². The van der Waals surface area contributed by atoms with Crippen molar-refractivity contribution in [3.05, 3.63) is 0 Å². The van der Waals surface area contributed by atoms with Crippen LogP contribution in [0.2, 0.25) is 0 Å². The summed E-state index contributed by atoms with van der Waals surface area (Å²) < 4.78 is 0. The summed E-state index contributed by atoms with van der Waals surface area (Å²) in [6, 6.07) is 0. The highest BCUT2D eigenvalue weighted by molar-refractivity contribution is 4.95. The van der Waals surface area contributed by atoms with Crippen molar-refractivity contribution in [2.45, 2.75) is 51.6 Å². The topological polar surface area (TPSA) is 14.1 Å². The lowest BCUT2D eigenvalue weighted by atomic mass is 10.0. The molecule has 1 heterocycles. The molecule has 0 spiro atoms. The molecule has 0 saturated carbocycles. The normalized spacial score (nSPS) is 30.7. The van der Waals surface area contributed by atoms with Crippen LogP contribution in [-0.4, -0.2) is 11.1 Å². The first-order valence-electron chi connectivity index (χ1n) is 3.65. The van der Waals surface area contributed by atoms with Crippen LogP contribution >= 0.6 is 0 Å². The van der Waals surface area contributed by atoms with Gasteiger partial charge < -0.3 is 0 Å². The summed E-state index contributed by atoms with van der Waals surface area (Å²) in [7, 11) is 0. The van der Waals surface area contributed by atoms with Crippen molar-refractivity contribution in [3.63, 3.8) is 0 Å². The summed E-state index contributed by atoms with van der Waals surface area (Å²) in [6.45, 7) is 8.84. The quantitative estimate of drug-likeness (QED) is 0.471. The van der Waals surface area contributed by atoms with Crippen molar-refractivity contribution in [3.8, 4) is 0 Å². The number of nitrogens with zero attached hydrogens (tertiary/aromatic N) is 1. The molecule has 1 heteroatoms. The van der Waals surface area contributed by atoms with Crippen LogP contribution in [0.1, 0.15) is 40.5 Å². The van der Waals surface area contributed by atoms with Gasteiger partial charge >= 0.3 is 0 Å². The SMILES string of the molecule is CC1(C)CCC(C)(C)[N]1. The van der Waals surface area contributed by atoms with Gasteiger partial charge in [-0.2, -0.15) is 0 Å². The number of hydrogen-bond donors (Lipinski definition) is 0. The van der Waals surface area contributed by atoms with Gasteiger partial charge in [0.25, 0.3) is 0 Å². The maximum atomic E-state index is 4.65. The van der Waals surface area contributed by atoms with Gasteiger partial charge in [-0.05, 0) is 40.5 Å². The van der Waals surface area contributed by atoms with Crippen molar-refractivity contribution in [1.29, 1.82) is 0 Å². The van der Waals surface area contributed by atoms with Gasteiger partial charge in [0, 0.05) is 11.1 Å². The molecule has 0 aromatic heterocycles. The fourth-order valence-electron chi connectivity index (χ4n) is 1.54. The van der Waals surface area contributed by atoms with Gasteiger partial charge in [0.1, 0.15) is 0 Å². The van der Waals surface area contributed by atoms with Crippen molar-refractivity contribution < 1.29 is 0 Å². The third-order valence-corrected chi connectivity index (χ3v) is 1.95. The molecule has 0 amide bonds. The van der Waals surface area contributed by atoms with E-state index in [1.165, 1.54) is 12.8 Å². The molecule has 0 aromatic rings. The lowest BCUT2D eigenvalue weighted by Gasteiger charge is -2.21. The molecule has 0 aliphatic carbocycles. The third-order valence-electron chi connectivity index (χ3n) is 1.95. The molecule has 0 atom stereocenters. The molecule has 1 nitrogen and oxygen atoms in total.